The second-order valence-electron chi connectivity index (χ2n) is 3.62. The molecule has 3 heteroatoms. The van der Waals surface area contributed by atoms with Crippen molar-refractivity contribution in [1.82, 2.24) is 9.78 Å². The highest BCUT2D eigenvalue weighted by Crippen LogP contribution is 2.01. The van der Waals surface area contributed by atoms with Crippen LogP contribution in [-0.4, -0.2) is 23.0 Å². The molecule has 0 saturated carbocycles. The molecule has 0 atom stereocenters. The molecule has 0 aliphatic heterocycles. The topological polar surface area (TPSA) is 27.1 Å². The molecule has 0 saturated heterocycles. The maximum atomic E-state index is 5.48. The Labute approximate surface area is 86.1 Å². The first-order chi connectivity index (χ1) is 6.74. The zero-order chi connectivity index (χ0) is 10.4. The summed E-state index contributed by atoms with van der Waals surface area (Å²) < 4.78 is 7.48. The monoisotopic (exact) mass is 196 g/mol. The second-order valence-corrected chi connectivity index (χ2v) is 3.62. The second kappa shape index (κ2) is 5.81. The minimum Gasteiger partial charge on any atom is -0.380 e. The molecule has 0 N–H and O–H groups in total. The van der Waals surface area contributed by atoms with Crippen LogP contribution in [0.1, 0.15) is 31.2 Å². The van der Waals surface area contributed by atoms with E-state index in [-0.39, 0.29) is 0 Å². The van der Waals surface area contributed by atoms with E-state index in [4.69, 9.17) is 4.74 Å². The standard InChI is InChI=1S/C11H20N2O/c1-4-5-7-14-8-6-13-11(3)9-10(2)12-13/h9H,4-8H2,1-3H3. The lowest BCUT2D eigenvalue weighted by atomic mass is 10.4. The number of unbranched alkanes of at least 4 members (excludes halogenated alkanes) is 1. The van der Waals surface area contributed by atoms with Gasteiger partial charge < -0.3 is 4.74 Å². The Hall–Kier alpha value is -0.830. The van der Waals surface area contributed by atoms with Gasteiger partial charge in [0.2, 0.25) is 0 Å². The fourth-order valence-electron chi connectivity index (χ4n) is 1.40. The normalized spacial score (nSPS) is 10.8. The highest BCUT2D eigenvalue weighted by Gasteiger charge is 1.99. The number of hydrogen-bond acceptors (Lipinski definition) is 2. The maximum Gasteiger partial charge on any atom is 0.0662 e. The molecular formula is C11H20N2O. The predicted molar refractivity (Wildman–Crippen MR) is 57.4 cm³/mol. The van der Waals surface area contributed by atoms with Crippen LogP contribution < -0.4 is 0 Å². The number of ether oxygens (including phenoxy) is 1. The first-order valence-electron chi connectivity index (χ1n) is 5.33. The van der Waals surface area contributed by atoms with Crippen molar-refractivity contribution in [2.45, 2.75) is 40.2 Å². The van der Waals surface area contributed by atoms with Gasteiger partial charge in [0.15, 0.2) is 0 Å². The van der Waals surface area contributed by atoms with Crippen molar-refractivity contribution in [3.8, 4) is 0 Å². The zero-order valence-corrected chi connectivity index (χ0v) is 9.42. The van der Waals surface area contributed by atoms with Crippen LogP contribution in [-0.2, 0) is 11.3 Å². The van der Waals surface area contributed by atoms with Gasteiger partial charge in [-0.3, -0.25) is 4.68 Å². The molecule has 1 aromatic heterocycles. The van der Waals surface area contributed by atoms with Crippen molar-refractivity contribution >= 4 is 0 Å². The van der Waals surface area contributed by atoms with Gasteiger partial charge >= 0.3 is 0 Å². The molecular weight excluding hydrogens is 176 g/mol. The van der Waals surface area contributed by atoms with Gasteiger partial charge in [0.1, 0.15) is 0 Å². The maximum absolute atomic E-state index is 5.48. The Morgan fingerprint density at radius 1 is 1.36 bits per heavy atom. The van der Waals surface area contributed by atoms with E-state index in [1.165, 1.54) is 12.1 Å². The van der Waals surface area contributed by atoms with Crippen LogP contribution in [0.3, 0.4) is 0 Å². The van der Waals surface area contributed by atoms with Crippen LogP contribution in [0.4, 0.5) is 0 Å². The lowest BCUT2D eigenvalue weighted by Crippen LogP contribution is -2.09. The van der Waals surface area contributed by atoms with Crippen molar-refractivity contribution in [2.75, 3.05) is 13.2 Å². The quantitative estimate of drug-likeness (QED) is 0.653. The summed E-state index contributed by atoms with van der Waals surface area (Å²) in [5, 5.41) is 4.36. The molecule has 0 bridgehead atoms. The number of hydrogen-bond donors (Lipinski definition) is 0. The van der Waals surface area contributed by atoms with Crippen molar-refractivity contribution in [3.05, 3.63) is 17.5 Å². The van der Waals surface area contributed by atoms with Crippen molar-refractivity contribution in [2.24, 2.45) is 0 Å². The van der Waals surface area contributed by atoms with E-state index >= 15 is 0 Å². The van der Waals surface area contributed by atoms with Gasteiger partial charge in [-0.15, -0.1) is 0 Å². The van der Waals surface area contributed by atoms with Crippen molar-refractivity contribution in [1.29, 1.82) is 0 Å². The fourth-order valence-corrected chi connectivity index (χ4v) is 1.40. The molecule has 3 nitrogen and oxygen atoms in total. The van der Waals surface area contributed by atoms with Crippen LogP contribution >= 0.6 is 0 Å². The predicted octanol–water partition coefficient (Wildman–Crippen LogP) is 2.32. The number of aryl methyl sites for hydroxylation is 2. The first kappa shape index (κ1) is 11.2. The van der Waals surface area contributed by atoms with Gasteiger partial charge in [0.05, 0.1) is 18.8 Å². The van der Waals surface area contributed by atoms with E-state index < -0.39 is 0 Å². The van der Waals surface area contributed by atoms with Crippen molar-refractivity contribution < 1.29 is 4.74 Å². The molecule has 0 aromatic carbocycles. The molecule has 0 aliphatic carbocycles. The number of aromatic nitrogens is 2. The Morgan fingerprint density at radius 2 is 2.14 bits per heavy atom. The minimum absolute atomic E-state index is 0.766. The third-order valence-corrected chi connectivity index (χ3v) is 2.19. The van der Waals surface area contributed by atoms with Gasteiger partial charge in [-0.1, -0.05) is 13.3 Å². The summed E-state index contributed by atoms with van der Waals surface area (Å²) in [4.78, 5) is 0. The van der Waals surface area contributed by atoms with Gasteiger partial charge in [0, 0.05) is 12.3 Å². The Kier molecular flexibility index (Phi) is 4.66. The lowest BCUT2D eigenvalue weighted by molar-refractivity contribution is 0.120. The SMILES string of the molecule is CCCCOCCn1nc(C)cc1C. The smallest absolute Gasteiger partial charge is 0.0662 e. The van der Waals surface area contributed by atoms with Gasteiger partial charge in [-0.05, 0) is 26.3 Å². The minimum atomic E-state index is 0.766. The third-order valence-electron chi connectivity index (χ3n) is 2.19. The average molecular weight is 196 g/mol. The van der Waals surface area contributed by atoms with Crippen LogP contribution in [0.25, 0.3) is 0 Å². The highest BCUT2D eigenvalue weighted by molar-refractivity contribution is 5.06. The summed E-state index contributed by atoms with van der Waals surface area (Å²) in [5.41, 5.74) is 2.29. The number of nitrogens with zero attached hydrogens (tertiary/aromatic N) is 2. The fraction of sp³-hybridized carbons (Fsp3) is 0.727. The molecule has 0 radical (unpaired) electrons. The Morgan fingerprint density at radius 3 is 2.71 bits per heavy atom. The molecule has 1 aromatic rings. The van der Waals surface area contributed by atoms with E-state index in [0.29, 0.717) is 0 Å². The Balaban J connectivity index is 2.21. The van der Waals surface area contributed by atoms with Gasteiger partial charge in [-0.25, -0.2) is 0 Å². The lowest BCUT2D eigenvalue weighted by Gasteiger charge is -2.05. The largest absolute Gasteiger partial charge is 0.380 e. The van der Waals surface area contributed by atoms with Crippen LogP contribution in [0.5, 0.6) is 0 Å². The molecule has 0 unspecified atom stereocenters. The Bertz CT molecular complexity index is 268. The summed E-state index contributed by atoms with van der Waals surface area (Å²) in [5.74, 6) is 0. The van der Waals surface area contributed by atoms with Crippen LogP contribution in [0, 0.1) is 13.8 Å². The van der Waals surface area contributed by atoms with Crippen LogP contribution in [0.2, 0.25) is 0 Å². The van der Waals surface area contributed by atoms with E-state index in [0.717, 1.165) is 31.9 Å². The molecule has 1 rings (SSSR count). The molecule has 80 valence electrons. The van der Waals surface area contributed by atoms with Crippen molar-refractivity contribution in [3.63, 3.8) is 0 Å². The molecule has 1 heterocycles. The van der Waals surface area contributed by atoms with Crippen LogP contribution in [0.15, 0.2) is 6.07 Å². The highest BCUT2D eigenvalue weighted by atomic mass is 16.5. The molecule has 14 heavy (non-hydrogen) atoms. The summed E-state index contributed by atoms with van der Waals surface area (Å²) >= 11 is 0. The van der Waals surface area contributed by atoms with Gasteiger partial charge in [0.25, 0.3) is 0 Å². The molecule has 0 fully saturated rings. The van der Waals surface area contributed by atoms with E-state index in [1.54, 1.807) is 0 Å². The average Bonchev–Trinajstić information content (AvgIpc) is 2.45. The summed E-state index contributed by atoms with van der Waals surface area (Å²) in [7, 11) is 0. The molecule has 0 spiro atoms. The van der Waals surface area contributed by atoms with Gasteiger partial charge in [-0.2, -0.15) is 5.10 Å². The molecule has 0 aliphatic rings. The molecule has 0 amide bonds. The van der Waals surface area contributed by atoms with E-state index in [1.807, 2.05) is 11.6 Å². The third kappa shape index (κ3) is 3.50. The summed E-state index contributed by atoms with van der Waals surface area (Å²) in [6.07, 6.45) is 2.34. The number of rotatable bonds is 6. The van der Waals surface area contributed by atoms with E-state index in [2.05, 4.69) is 25.0 Å². The zero-order valence-electron chi connectivity index (χ0n) is 9.42. The summed E-state index contributed by atoms with van der Waals surface area (Å²) in [6.45, 7) is 8.76. The van der Waals surface area contributed by atoms with E-state index in [9.17, 15) is 0 Å². The summed E-state index contributed by atoms with van der Waals surface area (Å²) in [6, 6.07) is 2.09. The first-order valence-corrected chi connectivity index (χ1v) is 5.33.